The van der Waals surface area contributed by atoms with Crippen LogP contribution in [0, 0.1) is 23.7 Å². The molecule has 6 N–H and O–H groups in total. The third kappa shape index (κ3) is 3.29. The van der Waals surface area contributed by atoms with Crippen LogP contribution in [0.2, 0.25) is 0 Å². The number of benzene rings is 1. The van der Waals surface area contributed by atoms with E-state index in [0.29, 0.717) is 24.3 Å². The fraction of sp³-hybridized carbons (Fsp3) is 0.560. The van der Waals surface area contributed by atoms with Gasteiger partial charge in [0.1, 0.15) is 5.75 Å². The normalized spacial score (nSPS) is 31.7. The van der Waals surface area contributed by atoms with Gasteiger partial charge in [-0.15, -0.1) is 0 Å². The largest absolute Gasteiger partial charge is 0.505 e. The maximum Gasteiger partial charge on any atom is 0.235 e. The molecule has 0 bridgehead atoms. The van der Waals surface area contributed by atoms with E-state index in [1.54, 1.807) is 20.2 Å². The number of phenolic OH excluding ortho intramolecular Hbond substituents is 1. The Balaban J connectivity index is 1.90. The van der Waals surface area contributed by atoms with Crippen LogP contribution < -0.4 is 16.4 Å². The number of ketones is 4. The molecule has 1 aromatic rings. The van der Waals surface area contributed by atoms with E-state index >= 15 is 0 Å². The minimum absolute atomic E-state index is 0.00667. The third-order valence-corrected chi connectivity index (χ3v) is 8.17. The third-order valence-electron chi connectivity index (χ3n) is 8.17. The highest BCUT2D eigenvalue weighted by molar-refractivity contribution is 6.32. The highest BCUT2D eigenvalue weighted by atomic mass is 16.3. The number of aliphatic hydroxyl groups is 1. The van der Waals surface area contributed by atoms with Crippen LogP contribution in [0.3, 0.4) is 0 Å². The van der Waals surface area contributed by atoms with Crippen LogP contribution >= 0.6 is 0 Å². The molecule has 4 rings (SSSR count). The molecule has 0 aromatic heterocycles. The summed E-state index contributed by atoms with van der Waals surface area (Å²) in [6, 6.07) is 0.470. The molecule has 3 aliphatic carbocycles. The first-order chi connectivity index (χ1) is 16.8. The number of hydrogen-bond acceptors (Lipinski definition) is 10. The number of carbonyl (C=O) groups excluding carboxylic acids is 5. The van der Waals surface area contributed by atoms with Crippen molar-refractivity contribution in [2.45, 2.75) is 38.3 Å². The van der Waals surface area contributed by atoms with Crippen LogP contribution in [0.4, 0.5) is 11.4 Å². The molecule has 0 saturated heterocycles. The Kier molecular flexibility index (Phi) is 6.20. The lowest BCUT2D eigenvalue weighted by Crippen LogP contribution is -2.74. The van der Waals surface area contributed by atoms with E-state index in [-0.39, 0.29) is 24.1 Å². The number of anilines is 2. The SMILES string of the molecule is CCN(CC)c1cc(N)c(O)c2c1CC1CC3[C@H](N(C)C)C(=O)C(C(N)=O)C(=O)[C@@]3(O)C(=O)C1C2=O. The molecular formula is C25H32N4O7. The van der Waals surface area contributed by atoms with Gasteiger partial charge in [0.05, 0.1) is 23.2 Å². The quantitative estimate of drug-likeness (QED) is 0.229. The van der Waals surface area contributed by atoms with Crippen LogP contribution in [-0.2, 0) is 25.6 Å². The van der Waals surface area contributed by atoms with Gasteiger partial charge < -0.3 is 26.6 Å². The number of carbonyl (C=O) groups is 5. The van der Waals surface area contributed by atoms with E-state index in [1.807, 2.05) is 18.7 Å². The molecule has 4 unspecified atom stereocenters. The molecule has 2 fully saturated rings. The number of primary amides is 1. The number of nitrogens with zero attached hydrogens (tertiary/aromatic N) is 2. The first-order valence-electron chi connectivity index (χ1n) is 12.1. The predicted octanol–water partition coefficient (Wildman–Crippen LogP) is -0.705. The van der Waals surface area contributed by atoms with Crippen LogP contribution in [-0.4, -0.2) is 83.0 Å². The zero-order valence-electron chi connectivity index (χ0n) is 20.8. The maximum atomic E-state index is 13.8. The summed E-state index contributed by atoms with van der Waals surface area (Å²) >= 11 is 0. The lowest BCUT2D eigenvalue weighted by atomic mass is 9.52. The summed E-state index contributed by atoms with van der Waals surface area (Å²) in [5, 5.41) is 22.3. The summed E-state index contributed by atoms with van der Waals surface area (Å²) in [5.74, 6) is -10.8. The molecule has 194 valence electrons. The number of amides is 1. The Labute approximate surface area is 208 Å². The van der Waals surface area contributed by atoms with Crippen molar-refractivity contribution in [3.63, 3.8) is 0 Å². The topological polar surface area (TPSA) is 184 Å². The van der Waals surface area contributed by atoms with E-state index in [1.165, 1.54) is 4.90 Å². The lowest BCUT2D eigenvalue weighted by Gasteiger charge is -2.52. The van der Waals surface area contributed by atoms with Crippen LogP contribution in [0.1, 0.15) is 36.2 Å². The number of likely N-dealkylation sites (N-methyl/N-ethyl adjacent to an activating group) is 1. The van der Waals surface area contributed by atoms with Crippen molar-refractivity contribution in [1.29, 1.82) is 0 Å². The number of hydrogen-bond donors (Lipinski definition) is 4. The van der Waals surface area contributed by atoms with Crippen molar-refractivity contribution >= 4 is 40.4 Å². The average molecular weight is 501 g/mol. The zero-order chi connectivity index (χ0) is 26.9. The highest BCUT2D eigenvalue weighted by Gasteiger charge is 2.69. The fourth-order valence-electron chi connectivity index (χ4n) is 6.52. The summed E-state index contributed by atoms with van der Waals surface area (Å²) in [7, 11) is 3.10. The monoisotopic (exact) mass is 500 g/mol. The van der Waals surface area contributed by atoms with Gasteiger partial charge in [-0.2, -0.15) is 0 Å². The Morgan fingerprint density at radius 2 is 1.75 bits per heavy atom. The molecule has 1 amide bonds. The molecule has 11 heteroatoms. The van der Waals surface area contributed by atoms with Crippen molar-refractivity contribution in [2.24, 2.45) is 29.4 Å². The van der Waals surface area contributed by atoms with Gasteiger partial charge in [-0.3, -0.25) is 28.9 Å². The second kappa shape index (κ2) is 8.67. The molecule has 0 spiro atoms. The molecule has 36 heavy (non-hydrogen) atoms. The minimum Gasteiger partial charge on any atom is -0.505 e. The Morgan fingerprint density at radius 3 is 2.28 bits per heavy atom. The van der Waals surface area contributed by atoms with Gasteiger partial charge in [0, 0.05) is 24.7 Å². The smallest absolute Gasteiger partial charge is 0.235 e. The predicted molar refractivity (Wildman–Crippen MR) is 129 cm³/mol. The number of nitrogen functional groups attached to an aromatic ring is 1. The molecule has 2 saturated carbocycles. The average Bonchev–Trinajstić information content (AvgIpc) is 2.79. The highest BCUT2D eigenvalue weighted by Crippen LogP contribution is 2.52. The number of nitrogens with two attached hydrogens (primary N) is 2. The Hall–Kier alpha value is -3.31. The first kappa shape index (κ1) is 25.8. The van der Waals surface area contributed by atoms with Gasteiger partial charge in [-0.05, 0) is 58.3 Å². The molecule has 3 aliphatic rings. The van der Waals surface area contributed by atoms with Gasteiger partial charge in [0.15, 0.2) is 34.7 Å². The Bertz CT molecular complexity index is 1190. The van der Waals surface area contributed by atoms with Crippen molar-refractivity contribution in [3.05, 3.63) is 17.2 Å². The second-order valence-corrected chi connectivity index (χ2v) is 10.1. The standard InChI is InChI=1S/C25H32N4O7/c1-5-29(6-2)14-9-13(26)19(30)16-11(14)7-10-8-12-18(28(3)4)21(32)17(24(27)35)23(34)25(12,36)22(33)15(10)20(16)31/h9-10,12,15,17-18,30,36H,5-8,26H2,1-4H3,(H2,27,35)/t10?,12?,15?,17?,18-,25-/m0/s1. The van der Waals surface area contributed by atoms with E-state index < -0.39 is 70.1 Å². The maximum absolute atomic E-state index is 13.8. The van der Waals surface area contributed by atoms with Gasteiger partial charge in [0.2, 0.25) is 5.91 Å². The fourth-order valence-corrected chi connectivity index (χ4v) is 6.52. The van der Waals surface area contributed by atoms with Gasteiger partial charge in [-0.25, -0.2) is 0 Å². The van der Waals surface area contributed by atoms with Gasteiger partial charge in [0.25, 0.3) is 0 Å². The van der Waals surface area contributed by atoms with E-state index in [9.17, 15) is 34.2 Å². The van der Waals surface area contributed by atoms with Crippen LogP contribution in [0.15, 0.2) is 6.07 Å². The van der Waals surface area contributed by atoms with Crippen molar-refractivity contribution in [1.82, 2.24) is 4.90 Å². The molecule has 0 heterocycles. The van der Waals surface area contributed by atoms with Crippen molar-refractivity contribution in [3.8, 4) is 5.75 Å². The molecule has 11 nitrogen and oxygen atoms in total. The van der Waals surface area contributed by atoms with Gasteiger partial charge >= 0.3 is 0 Å². The summed E-state index contributed by atoms with van der Waals surface area (Å²) in [5.41, 5.74) is 9.69. The molecule has 6 atom stereocenters. The number of phenols is 1. The summed E-state index contributed by atoms with van der Waals surface area (Å²) in [6.07, 6.45) is 0.207. The van der Waals surface area contributed by atoms with Crippen LogP contribution in [0.25, 0.3) is 0 Å². The number of fused-ring (bicyclic) bond motifs is 3. The molecular weight excluding hydrogens is 468 g/mol. The minimum atomic E-state index is -2.74. The number of aromatic hydroxyl groups is 1. The van der Waals surface area contributed by atoms with Crippen molar-refractivity contribution < 1.29 is 34.2 Å². The van der Waals surface area contributed by atoms with Crippen molar-refractivity contribution in [2.75, 3.05) is 37.8 Å². The van der Waals surface area contributed by atoms with E-state index in [2.05, 4.69) is 0 Å². The summed E-state index contributed by atoms with van der Waals surface area (Å²) in [6.45, 7) is 5.09. The molecule has 1 aromatic carbocycles. The summed E-state index contributed by atoms with van der Waals surface area (Å²) < 4.78 is 0. The molecule has 0 radical (unpaired) electrons. The first-order valence-corrected chi connectivity index (χ1v) is 12.1. The van der Waals surface area contributed by atoms with Crippen LogP contribution in [0.5, 0.6) is 5.75 Å². The van der Waals surface area contributed by atoms with E-state index in [4.69, 9.17) is 11.5 Å². The summed E-state index contributed by atoms with van der Waals surface area (Å²) in [4.78, 5) is 69.5. The number of rotatable bonds is 5. The van der Waals surface area contributed by atoms with Gasteiger partial charge in [-0.1, -0.05) is 0 Å². The zero-order valence-corrected chi connectivity index (χ0v) is 20.8. The number of Topliss-reactive ketones (excluding diaryl/α,β-unsaturated/α-hetero) is 4. The Morgan fingerprint density at radius 1 is 1.14 bits per heavy atom. The second-order valence-electron chi connectivity index (χ2n) is 10.1. The van der Waals surface area contributed by atoms with E-state index in [0.717, 1.165) is 0 Å². The lowest BCUT2D eigenvalue weighted by molar-refractivity contribution is -0.181. The molecule has 0 aliphatic heterocycles.